The Bertz CT molecular complexity index is 1510. The minimum Gasteiger partial charge on any atom is -0.507 e. The Kier molecular flexibility index (Phi) is 7.80. The molecule has 0 fully saturated rings. The fraction of sp³-hybridized carbons (Fsp3) is 0.200. The highest BCUT2D eigenvalue weighted by Crippen LogP contribution is 2.23. The second-order valence-electron chi connectivity index (χ2n) is 8.72. The van der Waals surface area contributed by atoms with Gasteiger partial charge in [-0.25, -0.2) is 4.79 Å². The van der Waals surface area contributed by atoms with E-state index in [2.05, 4.69) is 28.2 Å². The maximum absolute atomic E-state index is 13.1. The third kappa shape index (κ3) is 6.11. The molecule has 0 spiro atoms. The van der Waals surface area contributed by atoms with Crippen LogP contribution in [0.2, 0.25) is 0 Å². The Balaban J connectivity index is 1.54. The zero-order chi connectivity index (χ0) is 26.4. The van der Waals surface area contributed by atoms with Crippen molar-refractivity contribution in [1.82, 2.24) is 10.3 Å². The number of aromatic hydroxyl groups is 1. The monoisotopic (exact) mass is 496 g/mol. The molecule has 7 nitrogen and oxygen atoms in total. The lowest BCUT2D eigenvalue weighted by atomic mass is 10.1. The van der Waals surface area contributed by atoms with Gasteiger partial charge in [-0.15, -0.1) is 0 Å². The normalized spacial score (nSPS) is 10.6. The van der Waals surface area contributed by atoms with Gasteiger partial charge in [-0.1, -0.05) is 30.0 Å². The summed E-state index contributed by atoms with van der Waals surface area (Å²) in [5.74, 6) is 5.44. The number of ether oxygens (including phenoxy) is 2. The predicted octanol–water partition coefficient (Wildman–Crippen LogP) is 4.82. The van der Waals surface area contributed by atoms with Crippen LogP contribution in [0.3, 0.4) is 0 Å². The first-order valence-corrected chi connectivity index (χ1v) is 11.9. The number of aromatic nitrogens is 1. The topological polar surface area (TPSA) is 101 Å². The molecule has 0 aliphatic heterocycles. The number of phenolic OH excluding ortho intramolecular Hbond substituents is 1. The molecule has 4 rings (SSSR count). The molecule has 3 aromatic carbocycles. The van der Waals surface area contributed by atoms with Gasteiger partial charge < -0.3 is 24.9 Å². The fourth-order valence-electron chi connectivity index (χ4n) is 3.91. The van der Waals surface area contributed by atoms with E-state index in [1.165, 1.54) is 25.3 Å². The summed E-state index contributed by atoms with van der Waals surface area (Å²) in [4.78, 5) is 28.2. The van der Waals surface area contributed by atoms with Crippen LogP contribution in [0.1, 0.15) is 51.3 Å². The maximum atomic E-state index is 13.1. The highest BCUT2D eigenvalue weighted by Gasteiger charge is 2.15. The van der Waals surface area contributed by atoms with Gasteiger partial charge in [-0.05, 0) is 68.3 Å². The molecular weight excluding hydrogens is 468 g/mol. The average molecular weight is 497 g/mol. The van der Waals surface area contributed by atoms with E-state index >= 15 is 0 Å². The molecule has 0 saturated heterocycles. The number of hydrogen-bond donors (Lipinski definition) is 3. The number of H-pyrrole nitrogens is 1. The number of hydrogen-bond acceptors (Lipinski definition) is 5. The van der Waals surface area contributed by atoms with Gasteiger partial charge in [0.05, 0.1) is 29.9 Å². The van der Waals surface area contributed by atoms with Crippen molar-refractivity contribution in [2.45, 2.75) is 26.4 Å². The third-order valence-electron chi connectivity index (χ3n) is 5.70. The van der Waals surface area contributed by atoms with Crippen LogP contribution in [0.5, 0.6) is 11.5 Å². The number of carbonyl (C=O) groups excluding carboxylic acids is 2. The molecule has 1 amide bonds. The number of benzene rings is 3. The first kappa shape index (κ1) is 25.4. The van der Waals surface area contributed by atoms with Crippen LogP contribution in [0, 0.1) is 11.8 Å². The van der Waals surface area contributed by atoms with Crippen LogP contribution < -0.4 is 10.1 Å². The molecule has 37 heavy (non-hydrogen) atoms. The SMILES string of the molecule is COC(=O)c1ccc(O)c(C#Cc2ccc(OC(C)C)c(C(=O)NCCc3c[nH]c4ccccc34)c2)c1. The highest BCUT2D eigenvalue weighted by atomic mass is 16.5. The predicted molar refractivity (Wildman–Crippen MR) is 142 cm³/mol. The number of amides is 1. The van der Waals surface area contributed by atoms with E-state index < -0.39 is 5.97 Å². The second kappa shape index (κ2) is 11.4. The molecule has 0 atom stereocenters. The molecular formula is C30H28N2O5. The molecule has 188 valence electrons. The Hall–Kier alpha value is -4.70. The summed E-state index contributed by atoms with van der Waals surface area (Å²) in [6.07, 6.45) is 2.52. The minimum atomic E-state index is -0.523. The van der Waals surface area contributed by atoms with Crippen molar-refractivity contribution >= 4 is 22.8 Å². The van der Waals surface area contributed by atoms with Gasteiger partial charge in [0.2, 0.25) is 0 Å². The van der Waals surface area contributed by atoms with Crippen LogP contribution in [-0.2, 0) is 11.2 Å². The summed E-state index contributed by atoms with van der Waals surface area (Å²) in [6, 6.07) is 17.5. The number of para-hydroxylation sites is 1. The molecule has 0 bridgehead atoms. The first-order chi connectivity index (χ1) is 17.9. The Morgan fingerprint density at radius 1 is 1.05 bits per heavy atom. The van der Waals surface area contributed by atoms with Gasteiger partial charge in [-0.2, -0.15) is 0 Å². The van der Waals surface area contributed by atoms with Gasteiger partial charge >= 0.3 is 5.97 Å². The number of methoxy groups -OCH3 is 1. The van der Waals surface area contributed by atoms with Crippen molar-refractivity contribution in [3.63, 3.8) is 0 Å². The van der Waals surface area contributed by atoms with Gasteiger partial charge in [0.1, 0.15) is 11.5 Å². The van der Waals surface area contributed by atoms with E-state index in [1.54, 1.807) is 18.2 Å². The molecule has 3 N–H and O–H groups in total. The van der Waals surface area contributed by atoms with Crippen molar-refractivity contribution in [3.05, 3.63) is 94.7 Å². The van der Waals surface area contributed by atoms with Crippen molar-refractivity contribution in [1.29, 1.82) is 0 Å². The molecule has 1 aromatic heterocycles. The van der Waals surface area contributed by atoms with Gasteiger partial charge in [-0.3, -0.25) is 4.79 Å². The van der Waals surface area contributed by atoms with E-state index in [-0.39, 0.29) is 28.9 Å². The number of aromatic amines is 1. The summed E-state index contributed by atoms with van der Waals surface area (Å²) in [5, 5.41) is 14.3. The number of esters is 1. The molecule has 0 aliphatic carbocycles. The van der Waals surface area contributed by atoms with Gasteiger partial charge in [0.25, 0.3) is 5.91 Å². The lowest BCUT2D eigenvalue weighted by Crippen LogP contribution is -2.26. The van der Waals surface area contributed by atoms with Crippen LogP contribution in [0.4, 0.5) is 0 Å². The van der Waals surface area contributed by atoms with Crippen molar-refractivity contribution in [2.75, 3.05) is 13.7 Å². The second-order valence-corrected chi connectivity index (χ2v) is 8.72. The lowest BCUT2D eigenvalue weighted by molar-refractivity contribution is 0.0600. The zero-order valence-corrected chi connectivity index (χ0v) is 20.9. The van der Waals surface area contributed by atoms with Crippen molar-refractivity contribution in [3.8, 4) is 23.3 Å². The van der Waals surface area contributed by atoms with Gasteiger partial charge in [0.15, 0.2) is 0 Å². The summed E-state index contributed by atoms with van der Waals surface area (Å²) in [6.45, 7) is 4.23. The summed E-state index contributed by atoms with van der Waals surface area (Å²) >= 11 is 0. The smallest absolute Gasteiger partial charge is 0.337 e. The summed E-state index contributed by atoms with van der Waals surface area (Å²) in [7, 11) is 1.29. The van der Waals surface area contributed by atoms with Crippen molar-refractivity contribution < 1.29 is 24.2 Å². The van der Waals surface area contributed by atoms with Crippen LogP contribution >= 0.6 is 0 Å². The maximum Gasteiger partial charge on any atom is 0.337 e. The van der Waals surface area contributed by atoms with E-state index in [4.69, 9.17) is 9.47 Å². The Morgan fingerprint density at radius 3 is 2.65 bits per heavy atom. The number of phenols is 1. The molecule has 7 heteroatoms. The van der Waals surface area contributed by atoms with Crippen LogP contribution in [0.15, 0.2) is 66.9 Å². The molecule has 4 aromatic rings. The average Bonchev–Trinajstić information content (AvgIpc) is 3.31. The summed E-state index contributed by atoms with van der Waals surface area (Å²) < 4.78 is 10.6. The number of nitrogens with one attached hydrogen (secondary N) is 2. The number of carbonyl (C=O) groups is 2. The molecule has 1 heterocycles. The van der Waals surface area contributed by atoms with E-state index in [0.29, 0.717) is 29.8 Å². The van der Waals surface area contributed by atoms with Crippen molar-refractivity contribution in [2.24, 2.45) is 0 Å². The van der Waals surface area contributed by atoms with Crippen LogP contribution in [0.25, 0.3) is 10.9 Å². The third-order valence-corrected chi connectivity index (χ3v) is 5.70. The quantitative estimate of drug-likeness (QED) is 0.252. The van der Waals surface area contributed by atoms with Gasteiger partial charge in [0, 0.05) is 29.2 Å². The Morgan fingerprint density at radius 2 is 1.86 bits per heavy atom. The molecule has 0 unspecified atom stereocenters. The fourth-order valence-corrected chi connectivity index (χ4v) is 3.91. The highest BCUT2D eigenvalue weighted by molar-refractivity contribution is 5.97. The standard InChI is InChI=1S/C30H28N2O5/c1-19(2)37-28-13-9-20(8-10-21-17-22(30(35)36-3)11-12-27(21)33)16-25(28)29(34)31-15-14-23-18-32-26-7-5-4-6-24(23)26/h4-7,9,11-13,16-19,32-33H,14-15H2,1-3H3,(H,31,34). The zero-order valence-electron chi connectivity index (χ0n) is 20.9. The van der Waals surface area contributed by atoms with E-state index in [9.17, 15) is 14.7 Å². The van der Waals surface area contributed by atoms with E-state index in [0.717, 1.165) is 16.5 Å². The van der Waals surface area contributed by atoms with Crippen LogP contribution in [-0.4, -0.2) is 41.7 Å². The number of rotatable bonds is 7. The molecule has 0 radical (unpaired) electrons. The molecule has 0 saturated carbocycles. The Labute approximate surface area is 215 Å². The number of fused-ring (bicyclic) bond motifs is 1. The minimum absolute atomic E-state index is 0.0600. The first-order valence-electron chi connectivity index (χ1n) is 11.9. The summed E-state index contributed by atoms with van der Waals surface area (Å²) in [5.41, 5.74) is 3.66. The largest absolute Gasteiger partial charge is 0.507 e. The lowest BCUT2D eigenvalue weighted by Gasteiger charge is -2.14. The molecule has 0 aliphatic rings. The van der Waals surface area contributed by atoms with E-state index in [1.807, 2.05) is 38.2 Å².